The highest BCUT2D eigenvalue weighted by Gasteiger charge is 2.33. The average Bonchev–Trinajstić information content (AvgIpc) is 2.82. The molecule has 0 saturated carbocycles. The van der Waals surface area contributed by atoms with Crippen LogP contribution < -0.4 is 10.1 Å². The van der Waals surface area contributed by atoms with E-state index in [1.165, 1.54) is 29.2 Å². The maximum absolute atomic E-state index is 13.2. The van der Waals surface area contributed by atoms with Crippen molar-refractivity contribution in [2.24, 2.45) is 0 Å². The van der Waals surface area contributed by atoms with Gasteiger partial charge in [-0.25, -0.2) is 0 Å². The van der Waals surface area contributed by atoms with Crippen molar-refractivity contribution in [2.45, 2.75) is 58.2 Å². The number of hydrogen-bond acceptors (Lipinski definition) is 4. The highest BCUT2D eigenvalue weighted by atomic mass is 35.5. The number of likely N-dealkylation sites (tertiary alicyclic amines) is 1. The van der Waals surface area contributed by atoms with Crippen molar-refractivity contribution in [1.29, 1.82) is 0 Å². The Kier molecular flexibility index (Phi) is 10.3. The lowest BCUT2D eigenvalue weighted by atomic mass is 9.90. The molecule has 1 aliphatic rings. The number of nitrogens with one attached hydrogen (secondary N) is 1. The Hall–Kier alpha value is -1.96. The van der Waals surface area contributed by atoms with Crippen LogP contribution in [0, 0.1) is 13.8 Å². The Morgan fingerprint density at radius 2 is 1.86 bits per heavy atom. The van der Waals surface area contributed by atoms with E-state index in [2.05, 4.69) is 55.2 Å². The van der Waals surface area contributed by atoms with Crippen molar-refractivity contribution in [3.63, 3.8) is 0 Å². The maximum atomic E-state index is 13.2. The largest absolute Gasteiger partial charge is 0.493 e. The summed E-state index contributed by atoms with van der Waals surface area (Å²) in [5, 5.41) is 2.87. The molecule has 0 spiro atoms. The van der Waals surface area contributed by atoms with Crippen LogP contribution in [0.15, 0.2) is 30.3 Å². The first-order valence-corrected chi connectivity index (χ1v) is 13.2. The molecule has 1 heterocycles. The number of alkyl halides is 3. The topological polar surface area (TPSA) is 27.7 Å². The number of rotatable bonds is 11. The summed E-state index contributed by atoms with van der Waals surface area (Å²) in [5.74, 6) is 0.952. The highest BCUT2D eigenvalue weighted by Crippen LogP contribution is 2.37. The van der Waals surface area contributed by atoms with Crippen LogP contribution in [0.2, 0.25) is 5.02 Å². The zero-order valence-electron chi connectivity index (χ0n) is 21.8. The van der Waals surface area contributed by atoms with E-state index < -0.39 is 11.7 Å². The van der Waals surface area contributed by atoms with Gasteiger partial charge in [0.25, 0.3) is 0 Å². The van der Waals surface area contributed by atoms with Crippen LogP contribution in [0.5, 0.6) is 5.75 Å². The quantitative estimate of drug-likeness (QED) is 0.311. The predicted molar refractivity (Wildman–Crippen MR) is 142 cm³/mol. The first-order valence-electron chi connectivity index (χ1n) is 12.8. The summed E-state index contributed by atoms with van der Waals surface area (Å²) in [5.41, 5.74) is 3.39. The predicted octanol–water partition coefficient (Wildman–Crippen LogP) is 7.34. The van der Waals surface area contributed by atoms with Gasteiger partial charge < -0.3 is 15.0 Å². The molecule has 1 unspecified atom stereocenters. The van der Waals surface area contributed by atoms with Crippen LogP contribution in [0.25, 0.3) is 0 Å². The van der Waals surface area contributed by atoms with E-state index in [0.717, 1.165) is 63.7 Å². The Morgan fingerprint density at radius 3 is 2.58 bits per heavy atom. The number of unbranched alkanes of at least 4 members (excludes halogenated alkanes) is 1. The van der Waals surface area contributed by atoms with Gasteiger partial charge in [-0.1, -0.05) is 24.1 Å². The van der Waals surface area contributed by atoms with Gasteiger partial charge in [0.1, 0.15) is 5.75 Å². The molecule has 0 radical (unpaired) electrons. The van der Waals surface area contributed by atoms with E-state index in [9.17, 15) is 13.2 Å². The number of hydrogen-bond donors (Lipinski definition) is 1. The Bertz CT molecular complexity index is 997. The molecule has 0 aromatic heterocycles. The fourth-order valence-corrected chi connectivity index (χ4v) is 5.08. The standard InChI is InChI=1S/C28H39ClF3N3O/c1-20-21(2)27(36-18-8-7-15-34(3)4)13-11-23(20)26-9-5-6-16-35(26)17-14-33-22-10-12-25(29)24(19-22)28(30,31)32/h10-13,19,26,33H,5-9,14-18H2,1-4H3. The van der Waals surface area contributed by atoms with Crippen molar-refractivity contribution in [3.8, 4) is 5.75 Å². The molecule has 0 bridgehead atoms. The maximum Gasteiger partial charge on any atom is 0.417 e. The van der Waals surface area contributed by atoms with Crippen molar-refractivity contribution >= 4 is 17.3 Å². The number of anilines is 1. The van der Waals surface area contributed by atoms with Crippen molar-refractivity contribution in [1.82, 2.24) is 9.80 Å². The van der Waals surface area contributed by atoms with E-state index in [1.807, 2.05) is 0 Å². The number of halogens is 4. The zero-order chi connectivity index (χ0) is 26.3. The lowest BCUT2D eigenvalue weighted by Gasteiger charge is -2.37. The summed E-state index contributed by atoms with van der Waals surface area (Å²) >= 11 is 5.75. The van der Waals surface area contributed by atoms with Crippen LogP contribution in [0.1, 0.15) is 60.4 Å². The van der Waals surface area contributed by atoms with Crippen LogP contribution >= 0.6 is 11.6 Å². The second kappa shape index (κ2) is 13.0. The summed E-state index contributed by atoms with van der Waals surface area (Å²) in [6.45, 7) is 8.36. The zero-order valence-corrected chi connectivity index (χ0v) is 22.6. The smallest absolute Gasteiger partial charge is 0.417 e. The first-order chi connectivity index (χ1) is 17.1. The number of nitrogens with zero attached hydrogens (tertiary/aromatic N) is 2. The average molecular weight is 526 g/mol. The van der Waals surface area contributed by atoms with E-state index in [-0.39, 0.29) is 5.02 Å². The van der Waals surface area contributed by atoms with Crippen LogP contribution in [0.3, 0.4) is 0 Å². The van der Waals surface area contributed by atoms with Gasteiger partial charge in [-0.3, -0.25) is 4.90 Å². The lowest BCUT2D eigenvalue weighted by Crippen LogP contribution is -2.37. The SMILES string of the molecule is Cc1c(OCCCCN(C)C)ccc(C2CCCCN2CCNc2ccc(Cl)c(C(F)(F)F)c2)c1C. The van der Waals surface area contributed by atoms with E-state index in [4.69, 9.17) is 16.3 Å². The van der Waals surface area contributed by atoms with Crippen molar-refractivity contribution in [2.75, 3.05) is 52.2 Å². The van der Waals surface area contributed by atoms with Gasteiger partial charge in [0.05, 0.1) is 17.2 Å². The minimum atomic E-state index is -4.47. The normalized spacial score (nSPS) is 17.0. The third-order valence-corrected chi connectivity index (χ3v) is 7.34. The molecule has 1 N–H and O–H groups in total. The Balaban J connectivity index is 1.61. The summed E-state index contributed by atoms with van der Waals surface area (Å²) in [7, 11) is 4.16. The van der Waals surface area contributed by atoms with Crippen molar-refractivity contribution < 1.29 is 17.9 Å². The highest BCUT2D eigenvalue weighted by molar-refractivity contribution is 6.31. The molecular formula is C28H39ClF3N3O. The minimum absolute atomic E-state index is 0.282. The minimum Gasteiger partial charge on any atom is -0.493 e. The molecule has 1 aliphatic heterocycles. The summed E-state index contributed by atoms with van der Waals surface area (Å²) in [4.78, 5) is 4.63. The molecule has 200 valence electrons. The van der Waals surface area contributed by atoms with Gasteiger partial charge in [-0.15, -0.1) is 0 Å². The molecule has 2 aromatic rings. The molecule has 2 aromatic carbocycles. The molecule has 3 rings (SSSR count). The third kappa shape index (κ3) is 7.77. The third-order valence-electron chi connectivity index (χ3n) is 7.01. The van der Waals surface area contributed by atoms with Gasteiger partial charge in [-0.2, -0.15) is 13.2 Å². The summed E-state index contributed by atoms with van der Waals surface area (Å²) < 4.78 is 45.6. The van der Waals surface area contributed by atoms with Crippen LogP contribution in [0.4, 0.5) is 18.9 Å². The number of piperidine rings is 1. The van der Waals surface area contributed by atoms with Crippen LogP contribution in [-0.2, 0) is 6.18 Å². The fourth-order valence-electron chi connectivity index (χ4n) is 4.85. The molecule has 1 fully saturated rings. The second-order valence-electron chi connectivity index (χ2n) is 9.93. The van der Waals surface area contributed by atoms with Gasteiger partial charge in [-0.05, 0) is 108 Å². The number of benzene rings is 2. The molecular weight excluding hydrogens is 487 g/mol. The van der Waals surface area contributed by atoms with E-state index in [0.29, 0.717) is 18.3 Å². The Morgan fingerprint density at radius 1 is 1.08 bits per heavy atom. The summed E-state index contributed by atoms with van der Waals surface area (Å²) in [6, 6.07) is 8.57. The van der Waals surface area contributed by atoms with E-state index >= 15 is 0 Å². The molecule has 4 nitrogen and oxygen atoms in total. The van der Waals surface area contributed by atoms with Crippen LogP contribution in [-0.4, -0.2) is 56.7 Å². The van der Waals surface area contributed by atoms with Crippen molar-refractivity contribution in [3.05, 3.63) is 57.6 Å². The molecule has 0 aliphatic carbocycles. The number of ether oxygens (including phenoxy) is 1. The molecule has 1 saturated heterocycles. The van der Waals surface area contributed by atoms with Gasteiger partial charge in [0.15, 0.2) is 0 Å². The summed E-state index contributed by atoms with van der Waals surface area (Å²) in [6.07, 6.45) is 1.04. The van der Waals surface area contributed by atoms with Gasteiger partial charge >= 0.3 is 6.18 Å². The molecule has 1 atom stereocenters. The second-order valence-corrected chi connectivity index (χ2v) is 10.3. The first kappa shape index (κ1) is 28.6. The molecule has 8 heteroatoms. The van der Waals surface area contributed by atoms with E-state index in [1.54, 1.807) is 6.07 Å². The van der Waals surface area contributed by atoms with Gasteiger partial charge in [0.2, 0.25) is 0 Å². The fraction of sp³-hybridized carbons (Fsp3) is 0.571. The Labute approximate surface area is 218 Å². The monoisotopic (exact) mass is 525 g/mol. The lowest BCUT2D eigenvalue weighted by molar-refractivity contribution is -0.137. The van der Waals surface area contributed by atoms with Gasteiger partial charge in [0, 0.05) is 24.8 Å². The molecule has 36 heavy (non-hydrogen) atoms. The molecule has 0 amide bonds.